The predicted molar refractivity (Wildman–Crippen MR) is 115 cm³/mol. The number of carbonyl (C=O) groups is 2. The summed E-state index contributed by atoms with van der Waals surface area (Å²) in [6, 6.07) is 9.51. The molecule has 0 bridgehead atoms. The van der Waals surface area contributed by atoms with Gasteiger partial charge in [-0.25, -0.2) is 0 Å². The molecule has 2 heterocycles. The highest BCUT2D eigenvalue weighted by atomic mass is 35.5. The summed E-state index contributed by atoms with van der Waals surface area (Å²) in [7, 11) is 0. The normalized spacial score (nSPS) is 12.4. The topological polar surface area (TPSA) is 88.3 Å². The lowest BCUT2D eigenvalue weighted by Crippen LogP contribution is -2.50. The molecule has 3 rings (SSSR count). The Morgan fingerprint density at radius 3 is 2.57 bits per heavy atom. The Bertz CT molecular complexity index is 972. The maximum Gasteiger partial charge on any atom is 0.276 e. The number of amides is 2. The van der Waals surface area contributed by atoms with Gasteiger partial charge in [0.05, 0.1) is 6.26 Å². The Balaban J connectivity index is 2.02. The van der Waals surface area contributed by atoms with Crippen molar-refractivity contribution in [2.75, 3.05) is 0 Å². The van der Waals surface area contributed by atoms with E-state index in [0.29, 0.717) is 10.8 Å². The number of furan rings is 1. The standard InChI is InChI=1S/C21H23ClN4O3S/c1-4-21(2,3)23-19(27)18(17-6-5-11-29-17)26(20(28)16-13-30-25-24-16)12-14-7-9-15(22)10-8-14/h5-11,13,18H,4,12H2,1-3H3,(H,23,27). The number of nitrogens with zero attached hydrogens (tertiary/aromatic N) is 3. The van der Waals surface area contributed by atoms with Crippen molar-refractivity contribution in [3.8, 4) is 0 Å². The first-order valence-corrected chi connectivity index (χ1v) is 10.7. The number of hydrogen-bond donors (Lipinski definition) is 1. The number of rotatable bonds is 8. The van der Waals surface area contributed by atoms with Crippen molar-refractivity contribution >= 4 is 34.9 Å². The van der Waals surface area contributed by atoms with Gasteiger partial charge in [0.25, 0.3) is 11.8 Å². The van der Waals surface area contributed by atoms with E-state index in [4.69, 9.17) is 16.0 Å². The molecule has 1 N–H and O–H groups in total. The van der Waals surface area contributed by atoms with Crippen LogP contribution in [-0.4, -0.2) is 31.8 Å². The summed E-state index contributed by atoms with van der Waals surface area (Å²) in [5, 5.41) is 9.07. The quantitative estimate of drug-likeness (QED) is 0.551. The molecule has 1 unspecified atom stereocenters. The first-order chi connectivity index (χ1) is 14.3. The summed E-state index contributed by atoms with van der Waals surface area (Å²) >= 11 is 7.07. The van der Waals surface area contributed by atoms with Crippen LogP contribution < -0.4 is 5.32 Å². The largest absolute Gasteiger partial charge is 0.467 e. The Morgan fingerprint density at radius 2 is 2.00 bits per heavy atom. The minimum Gasteiger partial charge on any atom is -0.467 e. The Morgan fingerprint density at radius 1 is 1.27 bits per heavy atom. The molecule has 2 aromatic heterocycles. The molecule has 3 aromatic rings. The van der Waals surface area contributed by atoms with Crippen molar-refractivity contribution in [2.45, 2.75) is 45.3 Å². The Hall–Kier alpha value is -2.71. The van der Waals surface area contributed by atoms with Gasteiger partial charge in [-0.05, 0) is 61.6 Å². The van der Waals surface area contributed by atoms with Crippen LogP contribution in [0.15, 0.2) is 52.5 Å². The van der Waals surface area contributed by atoms with E-state index >= 15 is 0 Å². The van der Waals surface area contributed by atoms with Crippen LogP contribution >= 0.6 is 23.1 Å². The highest BCUT2D eigenvalue weighted by Gasteiger charge is 2.36. The zero-order valence-corrected chi connectivity index (χ0v) is 18.5. The van der Waals surface area contributed by atoms with E-state index in [9.17, 15) is 9.59 Å². The van der Waals surface area contributed by atoms with E-state index in [1.807, 2.05) is 32.9 Å². The Labute approximate surface area is 184 Å². The maximum absolute atomic E-state index is 13.4. The summed E-state index contributed by atoms with van der Waals surface area (Å²) in [5.41, 5.74) is 0.544. The van der Waals surface area contributed by atoms with Crippen LogP contribution in [0, 0.1) is 0 Å². The van der Waals surface area contributed by atoms with Crippen LogP contribution in [0.5, 0.6) is 0 Å². The molecule has 1 atom stereocenters. The van der Waals surface area contributed by atoms with Gasteiger partial charge in [0, 0.05) is 22.5 Å². The van der Waals surface area contributed by atoms with Gasteiger partial charge in [-0.2, -0.15) is 0 Å². The Kier molecular flexibility index (Phi) is 6.89. The predicted octanol–water partition coefficient (Wildman–Crippen LogP) is 4.47. The molecule has 30 heavy (non-hydrogen) atoms. The molecule has 0 spiro atoms. The van der Waals surface area contributed by atoms with Crippen molar-refractivity contribution in [1.29, 1.82) is 0 Å². The van der Waals surface area contributed by atoms with Crippen LogP contribution in [0.3, 0.4) is 0 Å². The van der Waals surface area contributed by atoms with Crippen molar-refractivity contribution in [3.63, 3.8) is 0 Å². The zero-order chi connectivity index (χ0) is 21.7. The van der Waals surface area contributed by atoms with Crippen molar-refractivity contribution in [2.24, 2.45) is 0 Å². The molecule has 7 nitrogen and oxygen atoms in total. The molecule has 0 fully saturated rings. The number of nitrogens with one attached hydrogen (secondary N) is 1. The molecular formula is C21H23ClN4O3S. The van der Waals surface area contributed by atoms with Crippen LogP contribution in [-0.2, 0) is 11.3 Å². The lowest BCUT2D eigenvalue weighted by atomic mass is 10.0. The van der Waals surface area contributed by atoms with E-state index in [1.165, 1.54) is 11.2 Å². The van der Waals surface area contributed by atoms with E-state index < -0.39 is 17.5 Å². The summed E-state index contributed by atoms with van der Waals surface area (Å²) in [6.07, 6.45) is 2.21. The van der Waals surface area contributed by atoms with E-state index in [0.717, 1.165) is 23.5 Å². The SMILES string of the molecule is CCC(C)(C)NC(=O)C(c1ccco1)N(Cc1ccc(Cl)cc1)C(=O)c1csnn1. The van der Waals surface area contributed by atoms with Crippen LogP contribution in [0.25, 0.3) is 0 Å². The molecule has 2 amide bonds. The molecule has 1 aromatic carbocycles. The van der Waals surface area contributed by atoms with Crippen molar-refractivity contribution < 1.29 is 14.0 Å². The first-order valence-electron chi connectivity index (χ1n) is 9.48. The zero-order valence-electron chi connectivity index (χ0n) is 17.0. The number of carbonyl (C=O) groups excluding carboxylic acids is 2. The van der Waals surface area contributed by atoms with E-state index in [1.54, 1.807) is 29.6 Å². The minimum atomic E-state index is -0.976. The van der Waals surface area contributed by atoms with Crippen molar-refractivity contribution in [3.05, 3.63) is 70.1 Å². The lowest BCUT2D eigenvalue weighted by Gasteiger charge is -2.33. The number of benzene rings is 1. The van der Waals surface area contributed by atoms with Gasteiger partial charge < -0.3 is 14.6 Å². The molecule has 9 heteroatoms. The number of aromatic nitrogens is 2. The summed E-state index contributed by atoms with van der Waals surface area (Å²) in [4.78, 5) is 28.1. The molecule has 0 aliphatic carbocycles. The summed E-state index contributed by atoms with van der Waals surface area (Å²) in [5.74, 6) is -0.378. The van der Waals surface area contributed by atoms with Crippen LogP contribution in [0.4, 0.5) is 0 Å². The third kappa shape index (κ3) is 5.25. The van der Waals surface area contributed by atoms with Gasteiger partial charge in [-0.1, -0.05) is 35.1 Å². The first kappa shape index (κ1) is 22.0. The number of halogens is 1. The average Bonchev–Trinajstić information content (AvgIpc) is 3.42. The van der Waals surface area contributed by atoms with Crippen molar-refractivity contribution in [1.82, 2.24) is 19.8 Å². The second-order valence-corrected chi connectivity index (χ2v) is 8.54. The van der Waals surface area contributed by atoms with Gasteiger partial charge in [-0.15, -0.1) is 5.10 Å². The molecular weight excluding hydrogens is 424 g/mol. The fraction of sp³-hybridized carbons (Fsp3) is 0.333. The third-order valence-electron chi connectivity index (χ3n) is 4.82. The van der Waals surface area contributed by atoms with E-state index in [2.05, 4.69) is 14.9 Å². The molecule has 0 saturated heterocycles. The monoisotopic (exact) mass is 446 g/mol. The van der Waals surface area contributed by atoms with Crippen LogP contribution in [0.1, 0.15) is 55.0 Å². The maximum atomic E-state index is 13.4. The van der Waals surface area contributed by atoms with Crippen LogP contribution in [0.2, 0.25) is 5.02 Å². The molecule has 0 saturated carbocycles. The lowest BCUT2D eigenvalue weighted by molar-refractivity contribution is -0.128. The third-order valence-corrected chi connectivity index (χ3v) is 5.58. The smallest absolute Gasteiger partial charge is 0.276 e. The van der Waals surface area contributed by atoms with Gasteiger partial charge in [0.2, 0.25) is 0 Å². The van der Waals surface area contributed by atoms with Gasteiger partial charge in [0.1, 0.15) is 5.76 Å². The fourth-order valence-electron chi connectivity index (χ4n) is 2.83. The summed E-state index contributed by atoms with van der Waals surface area (Å²) < 4.78 is 9.35. The second-order valence-electron chi connectivity index (χ2n) is 7.49. The van der Waals surface area contributed by atoms with E-state index in [-0.39, 0.29) is 18.1 Å². The van der Waals surface area contributed by atoms with Gasteiger partial charge in [0.15, 0.2) is 11.7 Å². The number of hydrogen-bond acceptors (Lipinski definition) is 6. The van der Waals surface area contributed by atoms with Gasteiger partial charge >= 0.3 is 0 Å². The average molecular weight is 447 g/mol. The molecule has 158 valence electrons. The highest BCUT2D eigenvalue weighted by Crippen LogP contribution is 2.27. The summed E-state index contributed by atoms with van der Waals surface area (Å²) in [6.45, 7) is 6.01. The fourth-order valence-corrected chi connectivity index (χ4v) is 3.39. The minimum absolute atomic E-state index is 0.166. The molecule has 0 aliphatic heterocycles. The molecule has 0 aliphatic rings. The molecule has 0 radical (unpaired) electrons. The highest BCUT2D eigenvalue weighted by molar-refractivity contribution is 7.03. The van der Waals surface area contributed by atoms with Gasteiger partial charge in [-0.3, -0.25) is 9.59 Å². The second kappa shape index (κ2) is 9.40.